The van der Waals surface area contributed by atoms with Crippen molar-refractivity contribution < 1.29 is 5.11 Å². The fourth-order valence-electron chi connectivity index (χ4n) is 2.04. The number of rotatable bonds is 2. The predicted octanol–water partition coefficient (Wildman–Crippen LogP) is 3.34. The van der Waals surface area contributed by atoms with Crippen molar-refractivity contribution in [1.29, 1.82) is 0 Å². The minimum absolute atomic E-state index is 0.530. The van der Waals surface area contributed by atoms with Crippen molar-refractivity contribution in [3.05, 3.63) is 59.9 Å². The van der Waals surface area contributed by atoms with E-state index in [2.05, 4.69) is 30.3 Å². The van der Waals surface area contributed by atoms with Gasteiger partial charge >= 0.3 is 0 Å². The van der Waals surface area contributed by atoms with Gasteiger partial charge in [0.2, 0.25) is 0 Å². The lowest BCUT2D eigenvalue weighted by atomic mass is 10.0. The number of hydrogen-bond donors (Lipinski definition) is 1. The molecule has 0 heterocycles. The highest BCUT2D eigenvalue weighted by atomic mass is 16.2. The molecule has 0 bridgehead atoms. The molecule has 1 aromatic rings. The molecule has 1 N–H and O–H groups in total. The summed E-state index contributed by atoms with van der Waals surface area (Å²) < 4.78 is 0. The maximum Gasteiger partial charge on any atom is 0.0791 e. The summed E-state index contributed by atoms with van der Waals surface area (Å²) in [7, 11) is 0. The van der Waals surface area contributed by atoms with E-state index in [4.69, 9.17) is 5.11 Å². The molecule has 0 radical (unpaired) electrons. The van der Waals surface area contributed by atoms with Crippen molar-refractivity contribution in [2.45, 2.75) is 18.8 Å². The average molecular weight is 186 g/mol. The zero-order valence-corrected chi connectivity index (χ0v) is 8.06. The number of aliphatic hydroxyl groups is 1. The molecule has 1 atom stereocenters. The Morgan fingerprint density at radius 1 is 1.21 bits per heavy atom. The van der Waals surface area contributed by atoms with Crippen LogP contribution in [0.4, 0.5) is 0 Å². The molecule has 2 rings (SSSR count). The second kappa shape index (κ2) is 4.14. The molecular formula is C13H14O. The van der Waals surface area contributed by atoms with Crippen LogP contribution in [0, 0.1) is 0 Å². The molecule has 1 aromatic carbocycles. The van der Waals surface area contributed by atoms with Crippen LogP contribution in [0.25, 0.3) is 0 Å². The zero-order chi connectivity index (χ0) is 9.80. The zero-order valence-electron chi connectivity index (χ0n) is 8.06. The van der Waals surface area contributed by atoms with Crippen molar-refractivity contribution in [3.63, 3.8) is 0 Å². The first-order chi connectivity index (χ1) is 6.92. The highest BCUT2D eigenvalue weighted by Gasteiger charge is 2.18. The second-order valence-corrected chi connectivity index (χ2v) is 3.57. The molecule has 1 aliphatic carbocycles. The number of aliphatic hydroxyl groups excluding tert-OH is 1. The number of allylic oxidation sites excluding steroid dienone is 3. The molecule has 0 amide bonds. The van der Waals surface area contributed by atoms with Gasteiger partial charge in [-0.25, -0.2) is 0 Å². The molecule has 0 saturated heterocycles. The maximum atomic E-state index is 8.50. The van der Waals surface area contributed by atoms with Crippen LogP contribution in [0.3, 0.4) is 0 Å². The Morgan fingerprint density at radius 2 is 2.07 bits per heavy atom. The van der Waals surface area contributed by atoms with E-state index >= 15 is 0 Å². The maximum absolute atomic E-state index is 8.50. The number of hydrogen-bond acceptors (Lipinski definition) is 1. The second-order valence-electron chi connectivity index (χ2n) is 3.57. The monoisotopic (exact) mass is 186 g/mol. The van der Waals surface area contributed by atoms with Gasteiger partial charge in [-0.15, -0.1) is 0 Å². The van der Waals surface area contributed by atoms with Gasteiger partial charge in [-0.05, 0) is 30.0 Å². The van der Waals surface area contributed by atoms with E-state index in [1.807, 2.05) is 6.08 Å². The summed E-state index contributed by atoms with van der Waals surface area (Å²) in [5.74, 6) is 0.530. The molecule has 0 saturated carbocycles. The Balaban J connectivity index is 2.18. The summed E-state index contributed by atoms with van der Waals surface area (Å²) in [6.07, 6.45) is 9.15. The van der Waals surface area contributed by atoms with Gasteiger partial charge in [-0.2, -0.15) is 0 Å². The van der Waals surface area contributed by atoms with Crippen molar-refractivity contribution in [3.8, 4) is 0 Å². The van der Waals surface area contributed by atoms with Crippen LogP contribution in [0.5, 0.6) is 0 Å². The molecule has 1 heteroatoms. The smallest absolute Gasteiger partial charge is 0.0791 e. The van der Waals surface area contributed by atoms with Crippen molar-refractivity contribution >= 4 is 0 Å². The van der Waals surface area contributed by atoms with Gasteiger partial charge in [-0.1, -0.05) is 36.4 Å². The minimum Gasteiger partial charge on any atom is -0.516 e. The fourth-order valence-corrected chi connectivity index (χ4v) is 2.04. The summed E-state index contributed by atoms with van der Waals surface area (Å²) >= 11 is 0. The molecule has 1 unspecified atom stereocenters. The van der Waals surface area contributed by atoms with E-state index in [0.717, 1.165) is 6.26 Å². The highest BCUT2D eigenvalue weighted by Crippen LogP contribution is 2.33. The molecule has 0 aliphatic heterocycles. The lowest BCUT2D eigenvalue weighted by Crippen LogP contribution is -1.86. The first kappa shape index (κ1) is 9.07. The normalized spacial score (nSPS) is 20.7. The van der Waals surface area contributed by atoms with Crippen LogP contribution in [-0.4, -0.2) is 5.11 Å². The van der Waals surface area contributed by atoms with Gasteiger partial charge in [0.05, 0.1) is 6.26 Å². The molecule has 1 nitrogen and oxygen atoms in total. The van der Waals surface area contributed by atoms with Gasteiger partial charge < -0.3 is 5.11 Å². The largest absolute Gasteiger partial charge is 0.516 e. The quantitative estimate of drug-likeness (QED) is 0.554. The Labute approximate surface area is 84.4 Å². The van der Waals surface area contributed by atoms with Crippen LogP contribution in [0.15, 0.2) is 48.8 Å². The van der Waals surface area contributed by atoms with E-state index in [-0.39, 0.29) is 0 Å². The van der Waals surface area contributed by atoms with Crippen LogP contribution >= 0.6 is 0 Å². The summed E-state index contributed by atoms with van der Waals surface area (Å²) in [4.78, 5) is 0. The third kappa shape index (κ3) is 1.72. The first-order valence-corrected chi connectivity index (χ1v) is 4.97. The summed E-state index contributed by atoms with van der Waals surface area (Å²) in [6.45, 7) is 0. The molecular weight excluding hydrogens is 172 g/mol. The van der Waals surface area contributed by atoms with Gasteiger partial charge in [0.1, 0.15) is 0 Å². The minimum atomic E-state index is 0.530. The summed E-state index contributed by atoms with van der Waals surface area (Å²) in [5, 5.41) is 8.50. The average Bonchev–Trinajstić information content (AvgIpc) is 2.63. The Kier molecular flexibility index (Phi) is 2.68. The SMILES string of the molecule is OC=CC=CC1CCc2ccccc21. The fraction of sp³-hybridized carbons (Fsp3) is 0.231. The third-order valence-electron chi connectivity index (χ3n) is 2.72. The lowest BCUT2D eigenvalue weighted by Gasteiger charge is -2.04. The van der Waals surface area contributed by atoms with E-state index in [0.29, 0.717) is 5.92 Å². The lowest BCUT2D eigenvalue weighted by molar-refractivity contribution is 0.473. The predicted molar refractivity (Wildman–Crippen MR) is 58.4 cm³/mol. The van der Waals surface area contributed by atoms with E-state index in [1.54, 1.807) is 6.08 Å². The van der Waals surface area contributed by atoms with E-state index in [9.17, 15) is 0 Å². The molecule has 0 fully saturated rings. The number of fused-ring (bicyclic) bond motifs is 1. The standard InChI is InChI=1S/C13H14O/c14-10-4-3-6-12-9-8-11-5-1-2-7-13(11)12/h1-7,10,12,14H,8-9H2. The molecule has 0 aromatic heterocycles. The molecule has 1 aliphatic rings. The molecule has 14 heavy (non-hydrogen) atoms. The van der Waals surface area contributed by atoms with Crippen LogP contribution in [0.2, 0.25) is 0 Å². The molecule has 72 valence electrons. The Morgan fingerprint density at radius 3 is 2.93 bits per heavy atom. The third-order valence-corrected chi connectivity index (χ3v) is 2.72. The summed E-state index contributed by atoms with van der Waals surface area (Å²) in [5.41, 5.74) is 2.91. The van der Waals surface area contributed by atoms with E-state index in [1.165, 1.54) is 24.0 Å². The van der Waals surface area contributed by atoms with Crippen LogP contribution in [-0.2, 0) is 6.42 Å². The topological polar surface area (TPSA) is 20.2 Å². The highest BCUT2D eigenvalue weighted by molar-refractivity contribution is 5.37. The van der Waals surface area contributed by atoms with Crippen molar-refractivity contribution in [1.82, 2.24) is 0 Å². The summed E-state index contributed by atoms with van der Waals surface area (Å²) in [6, 6.07) is 8.58. The van der Waals surface area contributed by atoms with Gasteiger partial charge in [0, 0.05) is 5.92 Å². The Hall–Kier alpha value is -1.50. The van der Waals surface area contributed by atoms with Crippen LogP contribution < -0.4 is 0 Å². The van der Waals surface area contributed by atoms with Gasteiger partial charge in [-0.3, -0.25) is 0 Å². The van der Waals surface area contributed by atoms with Crippen molar-refractivity contribution in [2.75, 3.05) is 0 Å². The Bertz CT molecular complexity index is 363. The van der Waals surface area contributed by atoms with E-state index < -0.39 is 0 Å². The van der Waals surface area contributed by atoms with Gasteiger partial charge in [0.25, 0.3) is 0 Å². The van der Waals surface area contributed by atoms with Crippen LogP contribution in [0.1, 0.15) is 23.5 Å². The number of aryl methyl sites for hydroxylation is 1. The number of benzene rings is 1. The molecule has 0 spiro atoms. The van der Waals surface area contributed by atoms with Crippen molar-refractivity contribution in [2.24, 2.45) is 0 Å². The van der Waals surface area contributed by atoms with Gasteiger partial charge in [0.15, 0.2) is 0 Å². The first-order valence-electron chi connectivity index (χ1n) is 4.97.